The SMILES string of the molecule is C=C.C=CC=C.C=Cc1ccc(CNCCC(C)C)cc1. The minimum Gasteiger partial charge on any atom is -0.313 e. The Bertz CT molecular complexity index is 367. The fourth-order valence-corrected chi connectivity index (χ4v) is 1.40. The molecule has 0 spiro atoms. The summed E-state index contributed by atoms with van der Waals surface area (Å²) in [5.41, 5.74) is 2.52. The minimum atomic E-state index is 0.778. The maximum atomic E-state index is 3.74. The molecule has 0 aromatic heterocycles. The van der Waals surface area contributed by atoms with Gasteiger partial charge in [0.05, 0.1) is 0 Å². The fraction of sp³-hybridized carbons (Fsp3) is 0.300. The highest BCUT2D eigenvalue weighted by Gasteiger charge is 1.94. The fourth-order valence-electron chi connectivity index (χ4n) is 1.40. The van der Waals surface area contributed by atoms with Crippen molar-refractivity contribution in [1.29, 1.82) is 0 Å². The van der Waals surface area contributed by atoms with Crippen molar-refractivity contribution < 1.29 is 0 Å². The Labute approximate surface area is 131 Å². The Kier molecular flexibility index (Phi) is 16.5. The highest BCUT2D eigenvalue weighted by molar-refractivity contribution is 5.47. The molecule has 0 saturated carbocycles. The van der Waals surface area contributed by atoms with E-state index in [1.54, 1.807) is 12.2 Å². The number of nitrogens with one attached hydrogen (secondary N) is 1. The van der Waals surface area contributed by atoms with E-state index in [-0.39, 0.29) is 0 Å². The van der Waals surface area contributed by atoms with Crippen LogP contribution in [-0.2, 0) is 6.54 Å². The van der Waals surface area contributed by atoms with Crippen LogP contribution in [0.5, 0.6) is 0 Å². The molecule has 0 saturated heterocycles. The van der Waals surface area contributed by atoms with Crippen molar-refractivity contribution in [3.05, 3.63) is 80.4 Å². The molecule has 1 N–H and O–H groups in total. The third-order valence-corrected chi connectivity index (χ3v) is 2.61. The second kappa shape index (κ2) is 16.2. The van der Waals surface area contributed by atoms with E-state index in [1.165, 1.54) is 17.5 Å². The van der Waals surface area contributed by atoms with Gasteiger partial charge in [0, 0.05) is 6.54 Å². The molecule has 0 fully saturated rings. The maximum Gasteiger partial charge on any atom is 0.0205 e. The molecule has 0 aliphatic heterocycles. The van der Waals surface area contributed by atoms with Crippen molar-refractivity contribution in [2.75, 3.05) is 6.54 Å². The molecule has 1 aromatic carbocycles. The monoisotopic (exact) mass is 285 g/mol. The number of hydrogen-bond donors (Lipinski definition) is 1. The maximum absolute atomic E-state index is 3.74. The topological polar surface area (TPSA) is 12.0 Å². The van der Waals surface area contributed by atoms with Crippen molar-refractivity contribution in [1.82, 2.24) is 5.32 Å². The van der Waals surface area contributed by atoms with Crippen LogP contribution in [0, 0.1) is 5.92 Å². The Morgan fingerprint density at radius 3 is 1.90 bits per heavy atom. The first-order chi connectivity index (χ1) is 10.1. The lowest BCUT2D eigenvalue weighted by atomic mass is 10.1. The largest absolute Gasteiger partial charge is 0.313 e. The summed E-state index contributed by atoms with van der Waals surface area (Å²) < 4.78 is 0. The lowest BCUT2D eigenvalue weighted by molar-refractivity contribution is 0.537. The summed E-state index contributed by atoms with van der Waals surface area (Å²) in [6.07, 6.45) is 6.39. The zero-order valence-electron chi connectivity index (χ0n) is 13.8. The molecule has 1 nitrogen and oxygen atoms in total. The Morgan fingerprint density at radius 2 is 1.52 bits per heavy atom. The summed E-state index contributed by atoms with van der Waals surface area (Å²) in [5, 5.41) is 3.44. The zero-order chi connectivity index (χ0) is 16.5. The number of benzene rings is 1. The van der Waals surface area contributed by atoms with Gasteiger partial charge in [-0.3, -0.25) is 0 Å². The van der Waals surface area contributed by atoms with Crippen LogP contribution >= 0.6 is 0 Å². The van der Waals surface area contributed by atoms with Gasteiger partial charge in [-0.1, -0.05) is 76.1 Å². The molecular formula is C20H31N. The summed E-state index contributed by atoms with van der Waals surface area (Å²) in [7, 11) is 0. The highest BCUT2D eigenvalue weighted by atomic mass is 14.8. The van der Waals surface area contributed by atoms with Crippen LogP contribution in [0.3, 0.4) is 0 Å². The summed E-state index contributed by atoms with van der Waals surface area (Å²) in [4.78, 5) is 0. The molecule has 1 aromatic rings. The number of hydrogen-bond acceptors (Lipinski definition) is 1. The molecule has 116 valence electrons. The molecule has 0 bridgehead atoms. The second-order valence-electron chi connectivity index (χ2n) is 4.78. The Balaban J connectivity index is 0. The number of allylic oxidation sites excluding steroid dienone is 2. The summed E-state index contributed by atoms with van der Waals surface area (Å²) in [6.45, 7) is 23.0. The van der Waals surface area contributed by atoms with Crippen molar-refractivity contribution >= 4 is 6.08 Å². The van der Waals surface area contributed by atoms with E-state index in [0.717, 1.165) is 19.0 Å². The van der Waals surface area contributed by atoms with E-state index in [1.807, 2.05) is 6.08 Å². The summed E-state index contributed by atoms with van der Waals surface area (Å²) in [6, 6.07) is 8.51. The van der Waals surface area contributed by atoms with Gasteiger partial charge in [0.2, 0.25) is 0 Å². The molecule has 1 heteroatoms. The first-order valence-electron chi connectivity index (χ1n) is 7.29. The van der Waals surface area contributed by atoms with Crippen LogP contribution in [-0.4, -0.2) is 6.54 Å². The lowest BCUT2D eigenvalue weighted by Crippen LogP contribution is -2.16. The predicted molar refractivity (Wildman–Crippen MR) is 99.3 cm³/mol. The molecule has 0 unspecified atom stereocenters. The molecule has 1 rings (SSSR count). The van der Waals surface area contributed by atoms with Gasteiger partial charge >= 0.3 is 0 Å². The van der Waals surface area contributed by atoms with Gasteiger partial charge in [-0.2, -0.15) is 0 Å². The molecule has 0 atom stereocenters. The van der Waals surface area contributed by atoms with Gasteiger partial charge in [0.25, 0.3) is 0 Å². The minimum absolute atomic E-state index is 0.778. The van der Waals surface area contributed by atoms with Crippen LogP contribution < -0.4 is 5.32 Å². The van der Waals surface area contributed by atoms with Crippen molar-refractivity contribution in [2.24, 2.45) is 5.92 Å². The quantitative estimate of drug-likeness (QED) is 0.389. The molecule has 0 radical (unpaired) electrons. The first kappa shape index (κ1) is 21.4. The molecule has 0 aliphatic rings. The summed E-state index contributed by atoms with van der Waals surface area (Å²) in [5.74, 6) is 0.778. The molecule has 21 heavy (non-hydrogen) atoms. The molecule has 0 aliphatic carbocycles. The van der Waals surface area contributed by atoms with E-state index >= 15 is 0 Å². The third kappa shape index (κ3) is 14.4. The molecule has 0 heterocycles. The third-order valence-electron chi connectivity index (χ3n) is 2.61. The van der Waals surface area contributed by atoms with Crippen molar-refractivity contribution in [2.45, 2.75) is 26.8 Å². The predicted octanol–water partition coefficient (Wildman–Crippen LogP) is 5.63. The summed E-state index contributed by atoms with van der Waals surface area (Å²) >= 11 is 0. The second-order valence-corrected chi connectivity index (χ2v) is 4.78. The van der Waals surface area contributed by atoms with Gasteiger partial charge in [-0.25, -0.2) is 0 Å². The van der Waals surface area contributed by atoms with Crippen LogP contribution in [0.1, 0.15) is 31.4 Å². The van der Waals surface area contributed by atoms with Crippen LogP contribution in [0.2, 0.25) is 0 Å². The average Bonchev–Trinajstić information content (AvgIpc) is 2.54. The first-order valence-corrected chi connectivity index (χ1v) is 7.29. The van der Waals surface area contributed by atoms with Crippen LogP contribution in [0.4, 0.5) is 0 Å². The highest BCUT2D eigenvalue weighted by Crippen LogP contribution is 2.05. The van der Waals surface area contributed by atoms with E-state index < -0.39 is 0 Å². The standard InChI is InChI=1S/C14H21N.C4H6.C2H4/c1-4-13-5-7-14(8-6-13)11-15-10-9-12(2)3;1-3-4-2;1-2/h4-8,12,15H,1,9-11H2,2-3H3;3-4H,1-2H2;1-2H2. The Hall–Kier alpha value is -1.86. The van der Waals surface area contributed by atoms with E-state index in [2.05, 4.69) is 76.3 Å². The average molecular weight is 285 g/mol. The van der Waals surface area contributed by atoms with Gasteiger partial charge < -0.3 is 5.32 Å². The van der Waals surface area contributed by atoms with E-state index in [9.17, 15) is 0 Å². The van der Waals surface area contributed by atoms with Crippen LogP contribution in [0.15, 0.2) is 69.3 Å². The molecule has 0 amide bonds. The van der Waals surface area contributed by atoms with Gasteiger partial charge in [0.1, 0.15) is 0 Å². The van der Waals surface area contributed by atoms with Crippen molar-refractivity contribution in [3.63, 3.8) is 0 Å². The van der Waals surface area contributed by atoms with E-state index in [0.29, 0.717) is 0 Å². The lowest BCUT2D eigenvalue weighted by Gasteiger charge is -2.07. The zero-order valence-corrected chi connectivity index (χ0v) is 13.8. The van der Waals surface area contributed by atoms with Gasteiger partial charge in [0.15, 0.2) is 0 Å². The molecular weight excluding hydrogens is 254 g/mol. The van der Waals surface area contributed by atoms with Crippen molar-refractivity contribution in [3.8, 4) is 0 Å². The van der Waals surface area contributed by atoms with E-state index in [4.69, 9.17) is 0 Å². The normalized spacial score (nSPS) is 8.71. The van der Waals surface area contributed by atoms with Crippen LogP contribution in [0.25, 0.3) is 6.08 Å². The number of rotatable bonds is 7. The van der Waals surface area contributed by atoms with Gasteiger partial charge in [-0.05, 0) is 30.0 Å². The smallest absolute Gasteiger partial charge is 0.0205 e. The van der Waals surface area contributed by atoms with Gasteiger partial charge in [-0.15, -0.1) is 13.2 Å². The Morgan fingerprint density at radius 1 is 1.00 bits per heavy atom.